The molecule has 144 valence electrons. The number of likely N-dealkylation sites (N-methyl/N-ethyl adjacent to an activating group) is 1. The Kier molecular flexibility index (Phi) is 12.6. The highest BCUT2D eigenvalue weighted by molar-refractivity contribution is 14.0. The van der Waals surface area contributed by atoms with Gasteiger partial charge in [0, 0.05) is 26.2 Å². The summed E-state index contributed by atoms with van der Waals surface area (Å²) < 4.78 is 19.2. The van der Waals surface area contributed by atoms with Gasteiger partial charge in [-0.05, 0) is 39.4 Å². The number of nitrogens with zero attached hydrogens (tertiary/aromatic N) is 2. The van der Waals surface area contributed by atoms with E-state index in [4.69, 9.17) is 4.74 Å². The minimum Gasteiger partial charge on any atom is -0.486 e. The van der Waals surface area contributed by atoms with Crippen LogP contribution in [-0.4, -0.2) is 56.2 Å². The zero-order valence-corrected chi connectivity index (χ0v) is 18.2. The third kappa shape index (κ3) is 9.25. The van der Waals surface area contributed by atoms with E-state index in [1.807, 2.05) is 6.92 Å². The van der Waals surface area contributed by atoms with E-state index in [-0.39, 0.29) is 41.6 Å². The fourth-order valence-corrected chi connectivity index (χ4v) is 2.36. The average Bonchev–Trinajstić information content (AvgIpc) is 2.56. The van der Waals surface area contributed by atoms with Gasteiger partial charge < -0.3 is 15.4 Å². The number of aliphatic imine (C=N–C) groups is 1. The summed E-state index contributed by atoms with van der Waals surface area (Å²) in [5.41, 5.74) is 0. The van der Waals surface area contributed by atoms with Crippen LogP contribution in [0.1, 0.15) is 27.7 Å². The molecule has 1 aromatic rings. The van der Waals surface area contributed by atoms with Crippen LogP contribution in [0.4, 0.5) is 4.39 Å². The monoisotopic (exact) mass is 466 g/mol. The molecule has 5 nitrogen and oxygen atoms in total. The van der Waals surface area contributed by atoms with E-state index in [2.05, 4.69) is 41.3 Å². The second-order valence-electron chi connectivity index (χ2n) is 5.96. The zero-order chi connectivity index (χ0) is 17.9. The Morgan fingerprint density at radius 3 is 2.48 bits per heavy atom. The predicted octanol–water partition coefficient (Wildman–Crippen LogP) is 3.11. The summed E-state index contributed by atoms with van der Waals surface area (Å²) in [7, 11) is 1.73. The van der Waals surface area contributed by atoms with E-state index in [0.29, 0.717) is 12.6 Å². The van der Waals surface area contributed by atoms with Crippen molar-refractivity contribution in [3.8, 4) is 5.75 Å². The molecule has 7 heteroatoms. The second-order valence-corrected chi connectivity index (χ2v) is 5.96. The lowest BCUT2D eigenvalue weighted by Crippen LogP contribution is -2.45. The van der Waals surface area contributed by atoms with Gasteiger partial charge in [0.05, 0.1) is 6.54 Å². The van der Waals surface area contributed by atoms with Gasteiger partial charge in [-0.3, -0.25) is 9.89 Å². The van der Waals surface area contributed by atoms with Crippen LogP contribution in [0, 0.1) is 5.82 Å². The van der Waals surface area contributed by atoms with Crippen LogP contribution < -0.4 is 15.4 Å². The molecule has 1 aromatic carbocycles. The van der Waals surface area contributed by atoms with Gasteiger partial charge in [-0.15, -0.1) is 24.0 Å². The molecule has 0 saturated carbocycles. The largest absolute Gasteiger partial charge is 0.486 e. The highest BCUT2D eigenvalue weighted by Gasteiger charge is 2.10. The van der Waals surface area contributed by atoms with Crippen molar-refractivity contribution in [1.82, 2.24) is 15.5 Å². The molecule has 0 aliphatic heterocycles. The molecule has 0 bridgehead atoms. The first kappa shape index (κ1) is 23.9. The maximum atomic E-state index is 13.6. The van der Waals surface area contributed by atoms with Crippen molar-refractivity contribution in [2.75, 3.05) is 33.2 Å². The number of hydrogen-bond donors (Lipinski definition) is 2. The van der Waals surface area contributed by atoms with Crippen molar-refractivity contribution in [3.63, 3.8) is 0 Å². The summed E-state index contributed by atoms with van der Waals surface area (Å²) in [6.45, 7) is 11.8. The average molecular weight is 466 g/mol. The third-order valence-electron chi connectivity index (χ3n) is 3.77. The van der Waals surface area contributed by atoms with Gasteiger partial charge in [-0.1, -0.05) is 19.1 Å². The highest BCUT2D eigenvalue weighted by atomic mass is 127. The van der Waals surface area contributed by atoms with Crippen molar-refractivity contribution < 1.29 is 9.13 Å². The van der Waals surface area contributed by atoms with Gasteiger partial charge in [-0.25, -0.2) is 4.39 Å². The molecule has 0 spiro atoms. The first-order chi connectivity index (χ1) is 11.5. The first-order valence-corrected chi connectivity index (χ1v) is 8.57. The Bertz CT molecular complexity index is 514. The Hall–Kier alpha value is -1.09. The van der Waals surface area contributed by atoms with Crippen molar-refractivity contribution in [2.45, 2.75) is 39.8 Å². The van der Waals surface area contributed by atoms with Crippen LogP contribution in [0.2, 0.25) is 0 Å². The fraction of sp³-hybridized carbons (Fsp3) is 0.611. The van der Waals surface area contributed by atoms with Gasteiger partial charge in [0.1, 0.15) is 6.10 Å². The van der Waals surface area contributed by atoms with E-state index in [1.54, 1.807) is 25.2 Å². The Labute approximate surface area is 168 Å². The molecule has 0 radical (unpaired) electrons. The molecule has 1 rings (SSSR count). The number of hydrogen-bond acceptors (Lipinski definition) is 3. The molecule has 0 amide bonds. The minimum atomic E-state index is -0.347. The van der Waals surface area contributed by atoms with Crippen molar-refractivity contribution in [1.29, 1.82) is 0 Å². The van der Waals surface area contributed by atoms with Crippen LogP contribution in [0.25, 0.3) is 0 Å². The fourth-order valence-electron chi connectivity index (χ4n) is 2.36. The molecule has 0 aliphatic carbocycles. The van der Waals surface area contributed by atoms with E-state index in [9.17, 15) is 4.39 Å². The Balaban J connectivity index is 0.00000576. The lowest BCUT2D eigenvalue weighted by Gasteiger charge is -2.25. The van der Waals surface area contributed by atoms with Crippen LogP contribution in [-0.2, 0) is 0 Å². The van der Waals surface area contributed by atoms with Gasteiger partial charge >= 0.3 is 0 Å². The van der Waals surface area contributed by atoms with Crippen molar-refractivity contribution >= 4 is 29.9 Å². The van der Waals surface area contributed by atoms with Gasteiger partial charge in [-0.2, -0.15) is 0 Å². The standard InChI is InChI=1S/C18H31FN4O.HI/c1-6-23(14(2)3)12-11-21-18(20-5)22-13-15(4)24-17-10-8-7-9-16(17)19;/h7-10,14-15H,6,11-13H2,1-5H3,(H2,20,21,22);1H. The maximum absolute atomic E-state index is 13.6. The lowest BCUT2D eigenvalue weighted by molar-refractivity contribution is 0.213. The van der Waals surface area contributed by atoms with E-state index >= 15 is 0 Å². The van der Waals surface area contributed by atoms with Crippen LogP contribution in [0.3, 0.4) is 0 Å². The number of ether oxygens (including phenoxy) is 1. The first-order valence-electron chi connectivity index (χ1n) is 8.57. The minimum absolute atomic E-state index is 0. The van der Waals surface area contributed by atoms with Crippen molar-refractivity contribution in [2.24, 2.45) is 4.99 Å². The molecule has 0 saturated heterocycles. The second kappa shape index (κ2) is 13.2. The zero-order valence-electron chi connectivity index (χ0n) is 15.9. The number of guanidine groups is 1. The summed E-state index contributed by atoms with van der Waals surface area (Å²) in [6.07, 6.45) is -0.178. The van der Waals surface area contributed by atoms with Gasteiger partial charge in [0.15, 0.2) is 17.5 Å². The van der Waals surface area contributed by atoms with E-state index in [0.717, 1.165) is 25.6 Å². The molecule has 25 heavy (non-hydrogen) atoms. The normalized spacial score (nSPS) is 12.7. The number of rotatable bonds is 9. The van der Waals surface area contributed by atoms with Gasteiger partial charge in [0.2, 0.25) is 0 Å². The lowest BCUT2D eigenvalue weighted by atomic mass is 10.3. The summed E-state index contributed by atoms with van der Waals surface area (Å²) in [4.78, 5) is 6.58. The highest BCUT2D eigenvalue weighted by Crippen LogP contribution is 2.16. The summed E-state index contributed by atoms with van der Waals surface area (Å²) in [6, 6.07) is 6.95. The predicted molar refractivity (Wildman–Crippen MR) is 114 cm³/mol. The molecule has 0 heterocycles. The van der Waals surface area contributed by atoms with Gasteiger partial charge in [0.25, 0.3) is 0 Å². The van der Waals surface area contributed by atoms with Crippen molar-refractivity contribution in [3.05, 3.63) is 30.1 Å². The molecule has 0 aromatic heterocycles. The molecule has 2 N–H and O–H groups in total. The number of halogens is 2. The quantitative estimate of drug-likeness (QED) is 0.334. The molecule has 0 fully saturated rings. The smallest absolute Gasteiger partial charge is 0.191 e. The Morgan fingerprint density at radius 1 is 1.24 bits per heavy atom. The summed E-state index contributed by atoms with van der Waals surface area (Å²) in [5.74, 6) is 0.643. The molecule has 1 unspecified atom stereocenters. The van der Waals surface area contributed by atoms with E-state index < -0.39 is 0 Å². The van der Waals surface area contributed by atoms with Crippen LogP contribution in [0.5, 0.6) is 5.75 Å². The summed E-state index contributed by atoms with van der Waals surface area (Å²) >= 11 is 0. The Morgan fingerprint density at radius 2 is 1.92 bits per heavy atom. The topological polar surface area (TPSA) is 48.9 Å². The number of para-hydroxylation sites is 1. The molecular formula is C18H32FIN4O. The maximum Gasteiger partial charge on any atom is 0.191 e. The molecule has 1 atom stereocenters. The molecular weight excluding hydrogens is 434 g/mol. The number of benzene rings is 1. The van der Waals surface area contributed by atoms with E-state index in [1.165, 1.54) is 6.07 Å². The third-order valence-corrected chi connectivity index (χ3v) is 3.77. The molecule has 0 aliphatic rings. The number of nitrogens with one attached hydrogen (secondary N) is 2. The summed E-state index contributed by atoms with van der Waals surface area (Å²) in [5, 5.41) is 6.49. The SMILES string of the molecule is CCN(CCNC(=NC)NCC(C)Oc1ccccc1F)C(C)C.I. The van der Waals surface area contributed by atoms with Crippen LogP contribution >= 0.6 is 24.0 Å². The van der Waals surface area contributed by atoms with Crippen LogP contribution in [0.15, 0.2) is 29.3 Å².